The molecule has 0 radical (unpaired) electrons. The lowest BCUT2D eigenvalue weighted by Crippen LogP contribution is -2.48. The fourth-order valence-electron chi connectivity index (χ4n) is 4.25. The zero-order chi connectivity index (χ0) is 25.9. The maximum Gasteiger partial charge on any atom is 0.416 e. The fourth-order valence-corrected chi connectivity index (χ4v) is 4.25. The number of benzene rings is 2. The summed E-state index contributed by atoms with van der Waals surface area (Å²) in [5.41, 5.74) is 0.389. The second-order valence-electron chi connectivity index (χ2n) is 9.18. The molecule has 0 bridgehead atoms. The molecule has 36 heavy (non-hydrogen) atoms. The molecule has 0 saturated carbocycles. The van der Waals surface area contributed by atoms with Crippen molar-refractivity contribution in [1.82, 2.24) is 9.80 Å². The Hall–Kier alpha value is -3.33. The van der Waals surface area contributed by atoms with Gasteiger partial charge in [-0.2, -0.15) is 13.2 Å². The molecule has 0 N–H and O–H groups in total. The van der Waals surface area contributed by atoms with Crippen molar-refractivity contribution in [1.29, 1.82) is 0 Å². The van der Waals surface area contributed by atoms with E-state index in [-0.39, 0.29) is 23.5 Å². The molecule has 3 aromatic rings. The van der Waals surface area contributed by atoms with Crippen LogP contribution in [0.4, 0.5) is 23.2 Å². The quantitative estimate of drug-likeness (QED) is 0.382. The van der Waals surface area contributed by atoms with Crippen LogP contribution >= 0.6 is 0 Å². The van der Waals surface area contributed by atoms with Crippen LogP contribution in [-0.2, 0) is 19.3 Å². The van der Waals surface area contributed by atoms with Gasteiger partial charge in [0.2, 0.25) is 0 Å². The Balaban J connectivity index is 1.36. The third-order valence-corrected chi connectivity index (χ3v) is 6.40. The summed E-state index contributed by atoms with van der Waals surface area (Å²) in [6, 6.07) is 15.4. The Kier molecular flexibility index (Phi) is 7.68. The summed E-state index contributed by atoms with van der Waals surface area (Å²) in [4.78, 5) is 18.5. The molecule has 1 saturated heterocycles. The molecule has 1 aromatic heterocycles. The SMILES string of the molecule is CC(C)N(Cc1ccc(C(=O)N2CCN(c3cccc(C(F)(F)F)c3)CC2)o1)Cc1ccccc1F. The van der Waals surface area contributed by atoms with Crippen molar-refractivity contribution in [3.63, 3.8) is 0 Å². The van der Waals surface area contributed by atoms with Gasteiger partial charge in [-0.25, -0.2) is 4.39 Å². The van der Waals surface area contributed by atoms with E-state index in [9.17, 15) is 22.4 Å². The maximum atomic E-state index is 14.1. The molecule has 1 aliphatic rings. The van der Waals surface area contributed by atoms with E-state index in [2.05, 4.69) is 4.90 Å². The van der Waals surface area contributed by atoms with Gasteiger partial charge in [0, 0.05) is 50.0 Å². The number of rotatable bonds is 7. The van der Waals surface area contributed by atoms with E-state index in [1.54, 1.807) is 41.3 Å². The molecule has 1 amide bonds. The number of anilines is 1. The minimum absolute atomic E-state index is 0.123. The largest absolute Gasteiger partial charge is 0.455 e. The molecule has 0 atom stereocenters. The summed E-state index contributed by atoms with van der Waals surface area (Å²) < 4.78 is 59.1. The van der Waals surface area contributed by atoms with Gasteiger partial charge in [0.1, 0.15) is 11.6 Å². The molecule has 192 valence electrons. The van der Waals surface area contributed by atoms with Gasteiger partial charge in [-0.15, -0.1) is 0 Å². The smallest absolute Gasteiger partial charge is 0.416 e. The van der Waals surface area contributed by atoms with Crippen LogP contribution in [0.25, 0.3) is 0 Å². The van der Waals surface area contributed by atoms with Crippen LogP contribution in [0.15, 0.2) is 65.1 Å². The van der Waals surface area contributed by atoms with E-state index in [0.717, 1.165) is 12.1 Å². The van der Waals surface area contributed by atoms with Gasteiger partial charge < -0.3 is 14.2 Å². The van der Waals surface area contributed by atoms with Gasteiger partial charge in [0.25, 0.3) is 5.91 Å². The average molecular weight is 504 g/mol. The maximum absolute atomic E-state index is 14.1. The van der Waals surface area contributed by atoms with Crippen LogP contribution < -0.4 is 4.90 Å². The highest BCUT2D eigenvalue weighted by Crippen LogP contribution is 2.32. The Morgan fingerprint density at radius 3 is 2.36 bits per heavy atom. The third-order valence-electron chi connectivity index (χ3n) is 6.40. The third kappa shape index (κ3) is 6.07. The van der Waals surface area contributed by atoms with Crippen LogP contribution in [0.3, 0.4) is 0 Å². The normalized spacial score (nSPS) is 14.7. The van der Waals surface area contributed by atoms with Gasteiger partial charge in [-0.05, 0) is 50.2 Å². The van der Waals surface area contributed by atoms with E-state index in [0.29, 0.717) is 56.3 Å². The molecule has 1 aliphatic heterocycles. The summed E-state index contributed by atoms with van der Waals surface area (Å²) in [6.45, 7) is 6.44. The molecule has 5 nitrogen and oxygen atoms in total. The summed E-state index contributed by atoms with van der Waals surface area (Å²) in [5, 5.41) is 0. The lowest BCUT2D eigenvalue weighted by atomic mass is 10.1. The predicted molar refractivity (Wildman–Crippen MR) is 129 cm³/mol. The second-order valence-corrected chi connectivity index (χ2v) is 9.18. The predicted octanol–water partition coefficient (Wildman–Crippen LogP) is 5.81. The van der Waals surface area contributed by atoms with Crippen molar-refractivity contribution in [2.24, 2.45) is 0 Å². The number of carbonyl (C=O) groups is 1. The number of piperazine rings is 1. The first-order valence-electron chi connectivity index (χ1n) is 11.9. The van der Waals surface area contributed by atoms with Crippen molar-refractivity contribution in [2.45, 2.75) is 39.2 Å². The fraction of sp³-hybridized carbons (Fsp3) is 0.370. The Morgan fingerprint density at radius 2 is 1.69 bits per heavy atom. The van der Waals surface area contributed by atoms with Gasteiger partial charge in [0.05, 0.1) is 12.1 Å². The zero-order valence-corrected chi connectivity index (χ0v) is 20.3. The number of halogens is 4. The first-order chi connectivity index (χ1) is 17.1. The summed E-state index contributed by atoms with van der Waals surface area (Å²) in [5.74, 6) is 0.302. The van der Waals surface area contributed by atoms with E-state index >= 15 is 0 Å². The molecular formula is C27H29F4N3O2. The molecule has 2 heterocycles. The number of amides is 1. The van der Waals surface area contributed by atoms with Crippen molar-refractivity contribution in [3.05, 3.63) is 89.1 Å². The lowest BCUT2D eigenvalue weighted by Gasteiger charge is -2.36. The van der Waals surface area contributed by atoms with Crippen LogP contribution in [0.2, 0.25) is 0 Å². The molecule has 0 aliphatic carbocycles. The topological polar surface area (TPSA) is 39.9 Å². The molecule has 0 spiro atoms. The van der Waals surface area contributed by atoms with E-state index in [1.165, 1.54) is 12.1 Å². The van der Waals surface area contributed by atoms with Crippen LogP contribution in [-0.4, -0.2) is 47.9 Å². The van der Waals surface area contributed by atoms with Crippen molar-refractivity contribution < 1.29 is 26.8 Å². The zero-order valence-electron chi connectivity index (χ0n) is 20.3. The number of carbonyl (C=O) groups excluding carboxylic acids is 1. The Bertz CT molecular complexity index is 1180. The second kappa shape index (κ2) is 10.7. The van der Waals surface area contributed by atoms with Gasteiger partial charge >= 0.3 is 6.18 Å². The summed E-state index contributed by atoms with van der Waals surface area (Å²) in [6.07, 6.45) is -4.40. The van der Waals surface area contributed by atoms with Crippen LogP contribution in [0.1, 0.15) is 41.3 Å². The first-order valence-corrected chi connectivity index (χ1v) is 11.9. The molecule has 4 rings (SSSR count). The van der Waals surface area contributed by atoms with Crippen molar-refractivity contribution in [3.8, 4) is 0 Å². The highest BCUT2D eigenvalue weighted by molar-refractivity contribution is 5.91. The van der Waals surface area contributed by atoms with Crippen molar-refractivity contribution >= 4 is 11.6 Å². The number of alkyl halides is 3. The standard InChI is InChI=1S/C27H29F4N3O2/c1-19(2)34(17-20-6-3-4-9-24(20)28)18-23-10-11-25(36-23)26(35)33-14-12-32(13-15-33)22-8-5-7-21(16-22)27(29,30)31/h3-11,16,19H,12-15,17-18H2,1-2H3. The monoisotopic (exact) mass is 503 g/mol. The minimum atomic E-state index is -4.40. The minimum Gasteiger partial charge on any atom is -0.455 e. The number of hydrogen-bond acceptors (Lipinski definition) is 4. The molecule has 1 fully saturated rings. The van der Waals surface area contributed by atoms with E-state index < -0.39 is 11.7 Å². The molecular weight excluding hydrogens is 474 g/mol. The highest BCUT2D eigenvalue weighted by atomic mass is 19.4. The van der Waals surface area contributed by atoms with Crippen molar-refractivity contribution in [2.75, 3.05) is 31.1 Å². The van der Waals surface area contributed by atoms with E-state index in [4.69, 9.17) is 4.42 Å². The van der Waals surface area contributed by atoms with E-state index in [1.807, 2.05) is 18.7 Å². The molecule has 2 aromatic carbocycles. The van der Waals surface area contributed by atoms with Crippen LogP contribution in [0.5, 0.6) is 0 Å². The Morgan fingerprint density at radius 1 is 0.972 bits per heavy atom. The van der Waals surface area contributed by atoms with Crippen LogP contribution in [0, 0.1) is 5.82 Å². The lowest BCUT2D eigenvalue weighted by molar-refractivity contribution is -0.137. The highest BCUT2D eigenvalue weighted by Gasteiger charge is 2.31. The first kappa shape index (κ1) is 25.8. The average Bonchev–Trinajstić information content (AvgIpc) is 3.32. The number of nitrogens with zero attached hydrogens (tertiary/aromatic N) is 3. The summed E-state index contributed by atoms with van der Waals surface area (Å²) in [7, 11) is 0. The number of hydrogen-bond donors (Lipinski definition) is 0. The van der Waals surface area contributed by atoms with Gasteiger partial charge in [-0.3, -0.25) is 9.69 Å². The Labute approximate surface area is 207 Å². The van der Waals surface area contributed by atoms with Gasteiger partial charge in [-0.1, -0.05) is 24.3 Å². The molecule has 0 unspecified atom stereocenters. The van der Waals surface area contributed by atoms with Gasteiger partial charge in [0.15, 0.2) is 5.76 Å². The number of furan rings is 1. The summed E-state index contributed by atoms with van der Waals surface area (Å²) >= 11 is 0. The molecule has 9 heteroatoms.